The van der Waals surface area contributed by atoms with Crippen LogP contribution in [-0.2, 0) is 0 Å². The SMILES string of the molecule is CN=C1C=CC(=Cc2c(O)[nH]c(=O)[nH]c2=O)CC1. The summed E-state index contributed by atoms with van der Waals surface area (Å²) < 4.78 is 0. The fourth-order valence-corrected chi connectivity index (χ4v) is 1.75. The topological polar surface area (TPSA) is 98.3 Å². The van der Waals surface area contributed by atoms with Gasteiger partial charge in [0.05, 0.1) is 0 Å². The van der Waals surface area contributed by atoms with Gasteiger partial charge in [0.15, 0.2) is 0 Å². The van der Waals surface area contributed by atoms with Gasteiger partial charge in [-0.05, 0) is 30.6 Å². The normalized spacial score (nSPS) is 19.6. The lowest BCUT2D eigenvalue weighted by molar-refractivity contribution is 0.447. The molecule has 0 atom stereocenters. The van der Waals surface area contributed by atoms with E-state index >= 15 is 0 Å². The van der Waals surface area contributed by atoms with E-state index in [4.69, 9.17) is 0 Å². The van der Waals surface area contributed by atoms with Crippen LogP contribution in [0.2, 0.25) is 0 Å². The molecule has 18 heavy (non-hydrogen) atoms. The first kappa shape index (κ1) is 12.1. The second kappa shape index (κ2) is 4.87. The Kier molecular flexibility index (Phi) is 3.27. The number of rotatable bonds is 1. The molecule has 0 radical (unpaired) electrons. The minimum Gasteiger partial charge on any atom is -0.494 e. The summed E-state index contributed by atoms with van der Waals surface area (Å²) in [5, 5.41) is 9.53. The summed E-state index contributed by atoms with van der Waals surface area (Å²) in [6.07, 6.45) is 6.80. The van der Waals surface area contributed by atoms with Crippen LogP contribution < -0.4 is 11.2 Å². The smallest absolute Gasteiger partial charge is 0.328 e. The van der Waals surface area contributed by atoms with E-state index in [0.29, 0.717) is 0 Å². The van der Waals surface area contributed by atoms with Gasteiger partial charge in [-0.1, -0.05) is 6.08 Å². The number of hydrogen-bond acceptors (Lipinski definition) is 4. The summed E-state index contributed by atoms with van der Waals surface area (Å²) in [5.74, 6) is -0.417. The van der Waals surface area contributed by atoms with Crippen LogP contribution in [0.15, 0.2) is 32.3 Å². The predicted molar refractivity (Wildman–Crippen MR) is 69.1 cm³/mol. The zero-order valence-corrected chi connectivity index (χ0v) is 9.86. The van der Waals surface area contributed by atoms with Crippen molar-refractivity contribution in [3.8, 4) is 5.88 Å². The molecule has 0 fully saturated rings. The third-order valence-corrected chi connectivity index (χ3v) is 2.74. The Morgan fingerprint density at radius 3 is 2.61 bits per heavy atom. The van der Waals surface area contributed by atoms with Gasteiger partial charge in [0.25, 0.3) is 5.56 Å². The number of hydrogen-bond donors (Lipinski definition) is 3. The maximum atomic E-state index is 11.5. The highest BCUT2D eigenvalue weighted by molar-refractivity contribution is 5.97. The molecule has 0 aliphatic heterocycles. The van der Waals surface area contributed by atoms with Crippen LogP contribution in [0.4, 0.5) is 0 Å². The first-order valence-corrected chi connectivity index (χ1v) is 5.50. The highest BCUT2D eigenvalue weighted by atomic mass is 16.3. The number of nitrogens with zero attached hydrogens (tertiary/aromatic N) is 1. The Hall–Kier alpha value is -2.37. The molecule has 0 bridgehead atoms. The second-order valence-electron chi connectivity index (χ2n) is 3.94. The Bertz CT molecular complexity index is 662. The number of aliphatic imine (C=N–C) groups is 1. The van der Waals surface area contributed by atoms with Crippen LogP contribution in [0.3, 0.4) is 0 Å². The third kappa shape index (κ3) is 2.48. The highest BCUT2D eigenvalue weighted by Gasteiger charge is 2.09. The Morgan fingerprint density at radius 2 is 2.06 bits per heavy atom. The van der Waals surface area contributed by atoms with Crippen molar-refractivity contribution in [2.45, 2.75) is 12.8 Å². The van der Waals surface area contributed by atoms with E-state index in [9.17, 15) is 14.7 Å². The standard InChI is InChI=1S/C12H13N3O3/c1-13-8-4-2-7(3-5-8)6-9-10(16)14-12(18)15-11(9)17/h2,4,6H,3,5H2,1H3,(H3,14,15,16,17,18). The van der Waals surface area contributed by atoms with E-state index in [-0.39, 0.29) is 5.56 Å². The number of allylic oxidation sites excluding steroid dienone is 3. The van der Waals surface area contributed by atoms with Crippen molar-refractivity contribution in [1.29, 1.82) is 0 Å². The van der Waals surface area contributed by atoms with E-state index in [1.165, 1.54) is 0 Å². The maximum absolute atomic E-state index is 11.5. The molecule has 2 rings (SSSR count). The molecule has 0 spiro atoms. The fourth-order valence-electron chi connectivity index (χ4n) is 1.75. The summed E-state index contributed by atoms with van der Waals surface area (Å²) in [7, 11) is 1.73. The number of aromatic nitrogens is 2. The van der Waals surface area contributed by atoms with Crippen LogP contribution in [0.1, 0.15) is 18.4 Å². The van der Waals surface area contributed by atoms with Crippen LogP contribution in [0.5, 0.6) is 5.88 Å². The van der Waals surface area contributed by atoms with Gasteiger partial charge in [-0.3, -0.25) is 19.8 Å². The van der Waals surface area contributed by atoms with E-state index in [0.717, 1.165) is 24.1 Å². The number of aromatic hydroxyl groups is 1. The zero-order chi connectivity index (χ0) is 13.1. The van der Waals surface area contributed by atoms with Crippen molar-refractivity contribution in [3.63, 3.8) is 0 Å². The number of H-pyrrole nitrogens is 2. The van der Waals surface area contributed by atoms with Gasteiger partial charge in [-0.25, -0.2) is 4.79 Å². The molecule has 0 saturated heterocycles. The van der Waals surface area contributed by atoms with E-state index in [1.807, 2.05) is 12.2 Å². The average molecular weight is 247 g/mol. The maximum Gasteiger partial charge on any atom is 0.328 e. The van der Waals surface area contributed by atoms with E-state index < -0.39 is 17.1 Å². The van der Waals surface area contributed by atoms with Gasteiger partial charge in [0.1, 0.15) is 5.56 Å². The van der Waals surface area contributed by atoms with Gasteiger partial charge in [-0.15, -0.1) is 0 Å². The molecule has 1 aromatic heterocycles. The van der Waals surface area contributed by atoms with Gasteiger partial charge in [0.2, 0.25) is 5.88 Å². The molecule has 0 unspecified atom stereocenters. The van der Waals surface area contributed by atoms with Gasteiger partial charge < -0.3 is 5.11 Å². The Balaban J connectivity index is 2.41. The molecule has 1 heterocycles. The Morgan fingerprint density at radius 1 is 1.28 bits per heavy atom. The van der Waals surface area contributed by atoms with Crippen LogP contribution >= 0.6 is 0 Å². The predicted octanol–water partition coefficient (Wildman–Crippen LogP) is 0.573. The molecule has 3 N–H and O–H groups in total. The first-order chi connectivity index (χ1) is 8.60. The number of nitrogens with one attached hydrogen (secondary N) is 2. The van der Waals surface area contributed by atoms with Crippen molar-refractivity contribution in [3.05, 3.63) is 44.1 Å². The largest absolute Gasteiger partial charge is 0.494 e. The summed E-state index contributed by atoms with van der Waals surface area (Å²) in [6.45, 7) is 0. The summed E-state index contributed by atoms with van der Waals surface area (Å²) in [4.78, 5) is 30.7. The molecule has 1 aromatic rings. The molecule has 0 aromatic carbocycles. The minimum absolute atomic E-state index is 0.0612. The first-order valence-electron chi connectivity index (χ1n) is 5.50. The van der Waals surface area contributed by atoms with Crippen molar-refractivity contribution >= 4 is 11.8 Å². The molecule has 6 nitrogen and oxygen atoms in total. The number of aromatic amines is 2. The molecule has 6 heteroatoms. The van der Waals surface area contributed by atoms with Crippen molar-refractivity contribution in [2.75, 3.05) is 7.05 Å². The van der Waals surface area contributed by atoms with Gasteiger partial charge in [-0.2, -0.15) is 0 Å². The average Bonchev–Trinajstić information content (AvgIpc) is 2.34. The lowest BCUT2D eigenvalue weighted by Gasteiger charge is -2.09. The van der Waals surface area contributed by atoms with E-state index in [2.05, 4.69) is 15.0 Å². The van der Waals surface area contributed by atoms with E-state index in [1.54, 1.807) is 13.1 Å². The quantitative estimate of drug-likeness (QED) is 0.676. The molecule has 1 aliphatic carbocycles. The zero-order valence-electron chi connectivity index (χ0n) is 9.86. The summed E-state index contributed by atoms with van der Waals surface area (Å²) in [6, 6.07) is 0. The highest BCUT2D eigenvalue weighted by Crippen LogP contribution is 2.19. The summed E-state index contributed by atoms with van der Waals surface area (Å²) >= 11 is 0. The molecule has 1 aliphatic rings. The lowest BCUT2D eigenvalue weighted by Crippen LogP contribution is -2.23. The molecule has 0 amide bonds. The van der Waals surface area contributed by atoms with Crippen molar-refractivity contribution < 1.29 is 5.11 Å². The van der Waals surface area contributed by atoms with Crippen LogP contribution in [-0.4, -0.2) is 27.8 Å². The van der Waals surface area contributed by atoms with Crippen molar-refractivity contribution in [1.82, 2.24) is 9.97 Å². The second-order valence-corrected chi connectivity index (χ2v) is 3.94. The van der Waals surface area contributed by atoms with Crippen LogP contribution in [0.25, 0.3) is 6.08 Å². The van der Waals surface area contributed by atoms with Gasteiger partial charge in [0, 0.05) is 12.8 Å². The molecule has 94 valence electrons. The summed E-state index contributed by atoms with van der Waals surface area (Å²) in [5.41, 5.74) is 0.625. The van der Waals surface area contributed by atoms with Crippen LogP contribution in [0, 0.1) is 0 Å². The fraction of sp³-hybridized carbons (Fsp3) is 0.250. The molecule has 0 saturated carbocycles. The minimum atomic E-state index is -0.723. The third-order valence-electron chi connectivity index (χ3n) is 2.74. The molecular weight excluding hydrogens is 234 g/mol. The molecular formula is C12H13N3O3. The van der Waals surface area contributed by atoms with Gasteiger partial charge >= 0.3 is 5.69 Å². The lowest BCUT2D eigenvalue weighted by atomic mass is 9.99. The monoisotopic (exact) mass is 247 g/mol. The Labute approximate surface area is 102 Å². The van der Waals surface area contributed by atoms with Crippen molar-refractivity contribution in [2.24, 2.45) is 4.99 Å².